The average molecular weight is 547 g/mol. The van der Waals surface area contributed by atoms with Gasteiger partial charge in [-0.15, -0.1) is 0 Å². The van der Waals surface area contributed by atoms with Gasteiger partial charge in [0.1, 0.15) is 0 Å². The van der Waals surface area contributed by atoms with Crippen LogP contribution in [-0.2, 0) is 33.2 Å². The van der Waals surface area contributed by atoms with E-state index in [0.29, 0.717) is 66.1 Å². The van der Waals surface area contributed by atoms with E-state index in [1.165, 1.54) is 96.3 Å². The fourth-order valence-corrected chi connectivity index (χ4v) is 4.12. The van der Waals surface area contributed by atoms with E-state index in [1.807, 2.05) is 0 Å². The Kier molecular flexibility index (Phi) is 33.6. The van der Waals surface area contributed by atoms with E-state index in [9.17, 15) is 4.79 Å². The Labute approximate surface area is 235 Å². The predicted molar refractivity (Wildman–Crippen MR) is 155 cm³/mol. The summed E-state index contributed by atoms with van der Waals surface area (Å²) in [5, 5.41) is 0. The first-order valence-corrected chi connectivity index (χ1v) is 15.9. The van der Waals surface area contributed by atoms with E-state index >= 15 is 0 Å². The minimum atomic E-state index is -0.231. The summed E-state index contributed by atoms with van der Waals surface area (Å²) in [6.45, 7) is 10.1. The third-order valence-corrected chi connectivity index (χ3v) is 6.39. The van der Waals surface area contributed by atoms with Crippen molar-refractivity contribution in [1.29, 1.82) is 0 Å². The maximum absolute atomic E-state index is 11.1. The number of carbonyl (C=O) groups excluding carboxylic acids is 1. The molecule has 0 saturated carbocycles. The first kappa shape index (κ1) is 37.3. The van der Waals surface area contributed by atoms with Crippen LogP contribution in [-0.4, -0.2) is 78.6 Å². The standard InChI is InChI=1S/C31H62O7/c1-3-5-6-7-8-9-10-11-12-13-14-15-16-17-18-19-21-33-23-25-35-27-29-37-30-28-36-26-24-34-22-20-31(32)38-4-2/h3-30H2,1-2H3. The molecule has 0 aliphatic heterocycles. The highest BCUT2D eigenvalue weighted by molar-refractivity contribution is 5.69. The van der Waals surface area contributed by atoms with Crippen LogP contribution >= 0.6 is 0 Å². The van der Waals surface area contributed by atoms with Crippen LogP contribution in [0, 0.1) is 0 Å². The molecule has 0 N–H and O–H groups in total. The molecule has 38 heavy (non-hydrogen) atoms. The number of unbranched alkanes of at least 4 members (excludes halogenated alkanes) is 15. The molecule has 0 amide bonds. The molecule has 0 bridgehead atoms. The molecule has 0 aromatic carbocycles. The zero-order chi connectivity index (χ0) is 27.6. The van der Waals surface area contributed by atoms with Crippen molar-refractivity contribution in [3.8, 4) is 0 Å². The molecule has 0 unspecified atom stereocenters. The molecule has 0 spiro atoms. The second kappa shape index (κ2) is 34.3. The fourth-order valence-electron chi connectivity index (χ4n) is 4.12. The van der Waals surface area contributed by atoms with Crippen LogP contribution in [0.1, 0.15) is 123 Å². The minimum absolute atomic E-state index is 0.231. The molecular formula is C31H62O7. The van der Waals surface area contributed by atoms with Crippen molar-refractivity contribution >= 4 is 5.97 Å². The van der Waals surface area contributed by atoms with Gasteiger partial charge in [0.2, 0.25) is 0 Å². The monoisotopic (exact) mass is 546 g/mol. The summed E-state index contributed by atoms with van der Waals surface area (Å²) >= 11 is 0. The van der Waals surface area contributed by atoms with Gasteiger partial charge in [-0.1, -0.05) is 103 Å². The lowest BCUT2D eigenvalue weighted by molar-refractivity contribution is -0.144. The molecule has 228 valence electrons. The van der Waals surface area contributed by atoms with Crippen LogP contribution in [0.4, 0.5) is 0 Å². The van der Waals surface area contributed by atoms with Gasteiger partial charge in [-0.2, -0.15) is 0 Å². The highest BCUT2D eigenvalue weighted by Crippen LogP contribution is 2.13. The fraction of sp³-hybridized carbons (Fsp3) is 0.968. The number of carbonyl (C=O) groups is 1. The molecule has 0 radical (unpaired) electrons. The van der Waals surface area contributed by atoms with Gasteiger partial charge < -0.3 is 28.4 Å². The quantitative estimate of drug-likeness (QED) is 0.0632. The second-order valence-corrected chi connectivity index (χ2v) is 9.92. The lowest BCUT2D eigenvalue weighted by Gasteiger charge is -2.08. The Morgan fingerprint density at radius 1 is 0.395 bits per heavy atom. The Balaban J connectivity index is 3.04. The van der Waals surface area contributed by atoms with E-state index in [0.717, 1.165) is 13.0 Å². The molecule has 0 atom stereocenters. The van der Waals surface area contributed by atoms with Gasteiger partial charge in [-0.3, -0.25) is 4.79 Å². The Hall–Kier alpha value is -0.730. The van der Waals surface area contributed by atoms with Crippen LogP contribution in [0.3, 0.4) is 0 Å². The van der Waals surface area contributed by atoms with E-state index < -0.39 is 0 Å². The largest absolute Gasteiger partial charge is 0.466 e. The maximum atomic E-state index is 11.1. The molecule has 7 nitrogen and oxygen atoms in total. The van der Waals surface area contributed by atoms with Crippen LogP contribution in [0.5, 0.6) is 0 Å². The van der Waals surface area contributed by atoms with Crippen molar-refractivity contribution in [3.63, 3.8) is 0 Å². The molecular weight excluding hydrogens is 484 g/mol. The third-order valence-electron chi connectivity index (χ3n) is 6.39. The summed E-state index contributed by atoms with van der Waals surface area (Å²) in [6.07, 6.45) is 22.5. The zero-order valence-corrected chi connectivity index (χ0v) is 25.2. The highest BCUT2D eigenvalue weighted by atomic mass is 16.6. The highest BCUT2D eigenvalue weighted by Gasteiger charge is 2.01. The van der Waals surface area contributed by atoms with E-state index in [1.54, 1.807) is 6.92 Å². The van der Waals surface area contributed by atoms with Gasteiger partial charge in [0.15, 0.2) is 0 Å². The third kappa shape index (κ3) is 33.3. The lowest BCUT2D eigenvalue weighted by Crippen LogP contribution is -2.14. The maximum Gasteiger partial charge on any atom is 0.308 e. The van der Waals surface area contributed by atoms with Crippen LogP contribution in [0.2, 0.25) is 0 Å². The van der Waals surface area contributed by atoms with Crippen LogP contribution in [0.15, 0.2) is 0 Å². The normalized spacial score (nSPS) is 11.3. The van der Waals surface area contributed by atoms with Gasteiger partial charge in [0.25, 0.3) is 0 Å². The van der Waals surface area contributed by atoms with Gasteiger partial charge in [-0.25, -0.2) is 0 Å². The SMILES string of the molecule is CCCCCCCCCCCCCCCCCCOCCOCCOCCOCCOCCC(=O)OCC. The van der Waals surface area contributed by atoms with Crippen molar-refractivity contribution in [2.24, 2.45) is 0 Å². The van der Waals surface area contributed by atoms with Gasteiger partial charge >= 0.3 is 5.97 Å². The molecule has 0 aromatic heterocycles. The molecule has 0 aromatic rings. The van der Waals surface area contributed by atoms with Crippen LogP contribution < -0.4 is 0 Å². The molecule has 0 rings (SSSR count). The Morgan fingerprint density at radius 2 is 0.711 bits per heavy atom. The Bertz CT molecular complexity index is 448. The zero-order valence-electron chi connectivity index (χ0n) is 25.2. The number of rotatable bonds is 33. The first-order chi connectivity index (χ1) is 18.8. The van der Waals surface area contributed by atoms with Crippen molar-refractivity contribution in [3.05, 3.63) is 0 Å². The summed E-state index contributed by atoms with van der Waals surface area (Å²) < 4.78 is 32.2. The first-order valence-electron chi connectivity index (χ1n) is 15.9. The average Bonchev–Trinajstić information content (AvgIpc) is 2.92. The van der Waals surface area contributed by atoms with E-state index in [4.69, 9.17) is 28.4 Å². The van der Waals surface area contributed by atoms with E-state index in [-0.39, 0.29) is 12.4 Å². The molecule has 0 saturated heterocycles. The number of esters is 1. The summed E-state index contributed by atoms with van der Waals surface area (Å²) in [6, 6.07) is 0. The van der Waals surface area contributed by atoms with Crippen molar-refractivity contribution in [2.75, 3.05) is 72.7 Å². The lowest BCUT2D eigenvalue weighted by atomic mass is 10.0. The summed E-state index contributed by atoms with van der Waals surface area (Å²) in [4.78, 5) is 11.1. The molecule has 0 fully saturated rings. The summed E-state index contributed by atoms with van der Waals surface area (Å²) in [5.41, 5.74) is 0. The van der Waals surface area contributed by atoms with Crippen molar-refractivity contribution < 1.29 is 33.2 Å². The number of hydrogen-bond donors (Lipinski definition) is 0. The molecule has 0 aliphatic carbocycles. The molecule has 7 heteroatoms. The van der Waals surface area contributed by atoms with Gasteiger partial charge in [0, 0.05) is 6.61 Å². The smallest absolute Gasteiger partial charge is 0.308 e. The minimum Gasteiger partial charge on any atom is -0.466 e. The molecule has 0 heterocycles. The summed E-state index contributed by atoms with van der Waals surface area (Å²) in [7, 11) is 0. The predicted octanol–water partition coefficient (Wildman–Crippen LogP) is 7.28. The van der Waals surface area contributed by atoms with Gasteiger partial charge in [0.05, 0.1) is 72.5 Å². The van der Waals surface area contributed by atoms with Crippen molar-refractivity contribution in [2.45, 2.75) is 123 Å². The van der Waals surface area contributed by atoms with Gasteiger partial charge in [-0.05, 0) is 13.3 Å². The van der Waals surface area contributed by atoms with E-state index in [2.05, 4.69) is 6.92 Å². The topological polar surface area (TPSA) is 72.5 Å². The molecule has 0 aliphatic rings. The second-order valence-electron chi connectivity index (χ2n) is 9.92. The van der Waals surface area contributed by atoms with Crippen molar-refractivity contribution in [1.82, 2.24) is 0 Å². The number of ether oxygens (including phenoxy) is 6. The summed E-state index contributed by atoms with van der Waals surface area (Å²) in [5.74, 6) is -0.231. The number of hydrogen-bond acceptors (Lipinski definition) is 7. The Morgan fingerprint density at radius 3 is 1.08 bits per heavy atom. The van der Waals surface area contributed by atoms with Crippen LogP contribution in [0.25, 0.3) is 0 Å².